The Bertz CT molecular complexity index is 686. The first kappa shape index (κ1) is 17.0. The SMILES string of the molecule is COc1ccc(N(C)C(=O)/C=C\Sc2ccccc2)cc1OC. The highest BCUT2D eigenvalue weighted by Crippen LogP contribution is 2.31. The molecule has 0 heterocycles. The lowest BCUT2D eigenvalue weighted by Crippen LogP contribution is -2.23. The number of hydrogen-bond donors (Lipinski definition) is 0. The topological polar surface area (TPSA) is 38.8 Å². The fraction of sp³-hybridized carbons (Fsp3) is 0.167. The average molecular weight is 329 g/mol. The first-order valence-corrected chi connectivity index (χ1v) is 7.91. The molecule has 0 atom stereocenters. The van der Waals surface area contributed by atoms with Gasteiger partial charge in [-0.1, -0.05) is 30.0 Å². The summed E-state index contributed by atoms with van der Waals surface area (Å²) in [7, 11) is 4.87. The lowest BCUT2D eigenvalue weighted by Gasteiger charge is -2.17. The third-order valence-electron chi connectivity index (χ3n) is 3.24. The van der Waals surface area contributed by atoms with Crippen LogP contribution in [0.4, 0.5) is 5.69 Å². The third kappa shape index (κ3) is 4.53. The standard InChI is InChI=1S/C18H19NO3S/c1-19(14-9-10-16(21-2)17(13-14)22-3)18(20)11-12-23-15-7-5-4-6-8-15/h4-13H,1-3H3/b12-11-. The van der Waals surface area contributed by atoms with E-state index < -0.39 is 0 Å². The van der Waals surface area contributed by atoms with Crippen molar-refractivity contribution in [2.45, 2.75) is 4.90 Å². The quantitative estimate of drug-likeness (QED) is 0.594. The van der Waals surface area contributed by atoms with E-state index in [2.05, 4.69) is 0 Å². The van der Waals surface area contributed by atoms with E-state index in [0.717, 1.165) is 10.6 Å². The smallest absolute Gasteiger partial charge is 0.251 e. The first-order chi connectivity index (χ1) is 11.2. The third-order valence-corrected chi connectivity index (χ3v) is 4.06. The number of rotatable bonds is 6. The molecule has 2 aromatic carbocycles. The van der Waals surface area contributed by atoms with Crippen molar-refractivity contribution in [3.63, 3.8) is 0 Å². The number of carbonyl (C=O) groups is 1. The minimum absolute atomic E-state index is 0.111. The molecule has 0 aliphatic carbocycles. The Balaban J connectivity index is 2.04. The van der Waals surface area contributed by atoms with Crippen LogP contribution in [0.2, 0.25) is 0 Å². The van der Waals surface area contributed by atoms with Crippen molar-refractivity contribution in [3.05, 3.63) is 60.0 Å². The average Bonchev–Trinajstić information content (AvgIpc) is 2.61. The molecule has 0 saturated heterocycles. The predicted octanol–water partition coefficient (Wildman–Crippen LogP) is 3.97. The molecule has 2 rings (SSSR count). The molecule has 120 valence electrons. The molecule has 5 heteroatoms. The zero-order valence-electron chi connectivity index (χ0n) is 13.4. The summed E-state index contributed by atoms with van der Waals surface area (Å²) in [6, 6.07) is 15.3. The molecule has 0 aliphatic rings. The van der Waals surface area contributed by atoms with Crippen LogP contribution < -0.4 is 14.4 Å². The van der Waals surface area contributed by atoms with Crippen LogP contribution in [0.3, 0.4) is 0 Å². The maximum atomic E-state index is 12.2. The minimum Gasteiger partial charge on any atom is -0.493 e. The maximum Gasteiger partial charge on any atom is 0.251 e. The molecule has 23 heavy (non-hydrogen) atoms. The zero-order chi connectivity index (χ0) is 16.7. The van der Waals surface area contributed by atoms with E-state index in [9.17, 15) is 4.79 Å². The van der Waals surface area contributed by atoms with E-state index in [1.54, 1.807) is 49.8 Å². The molecule has 0 aliphatic heterocycles. The summed E-state index contributed by atoms with van der Waals surface area (Å²) in [6.07, 6.45) is 1.55. The van der Waals surface area contributed by atoms with E-state index in [1.807, 2.05) is 36.4 Å². The number of methoxy groups -OCH3 is 2. The van der Waals surface area contributed by atoms with Gasteiger partial charge in [-0.3, -0.25) is 4.79 Å². The van der Waals surface area contributed by atoms with Gasteiger partial charge in [0.05, 0.1) is 14.2 Å². The Labute approximate surface area is 140 Å². The Kier molecular flexibility index (Phi) is 6.11. The van der Waals surface area contributed by atoms with Gasteiger partial charge >= 0.3 is 0 Å². The number of nitrogens with zero attached hydrogens (tertiary/aromatic N) is 1. The molecule has 0 bridgehead atoms. The van der Waals surface area contributed by atoms with Gasteiger partial charge in [-0.05, 0) is 29.7 Å². The predicted molar refractivity (Wildman–Crippen MR) is 94.4 cm³/mol. The van der Waals surface area contributed by atoms with Crippen LogP contribution in [0.25, 0.3) is 0 Å². The van der Waals surface area contributed by atoms with E-state index in [1.165, 1.54) is 11.8 Å². The molecule has 0 aromatic heterocycles. The number of likely N-dealkylation sites (N-methyl/N-ethyl adjacent to an activating group) is 1. The van der Waals surface area contributed by atoms with E-state index in [0.29, 0.717) is 11.5 Å². The molecule has 0 N–H and O–H groups in total. The fourth-order valence-electron chi connectivity index (χ4n) is 1.94. The van der Waals surface area contributed by atoms with Crippen molar-refractivity contribution in [2.24, 2.45) is 0 Å². The molecule has 0 radical (unpaired) electrons. The van der Waals surface area contributed by atoms with E-state index in [-0.39, 0.29) is 5.91 Å². The first-order valence-electron chi connectivity index (χ1n) is 7.03. The molecular formula is C18H19NO3S. The van der Waals surface area contributed by atoms with Gasteiger partial charge in [-0.15, -0.1) is 0 Å². The molecule has 1 amide bonds. The van der Waals surface area contributed by atoms with Gasteiger partial charge in [0.1, 0.15) is 0 Å². The number of thioether (sulfide) groups is 1. The van der Waals surface area contributed by atoms with E-state index >= 15 is 0 Å². The Morgan fingerprint density at radius 3 is 2.39 bits per heavy atom. The molecule has 0 unspecified atom stereocenters. The highest BCUT2D eigenvalue weighted by molar-refractivity contribution is 8.02. The fourth-order valence-corrected chi connectivity index (χ4v) is 2.60. The molecule has 0 saturated carbocycles. The largest absolute Gasteiger partial charge is 0.493 e. The molecular weight excluding hydrogens is 310 g/mol. The Hall–Kier alpha value is -2.40. The van der Waals surface area contributed by atoms with Gasteiger partial charge in [-0.2, -0.15) is 0 Å². The van der Waals surface area contributed by atoms with Crippen molar-refractivity contribution >= 4 is 23.4 Å². The number of carbonyl (C=O) groups excluding carboxylic acids is 1. The summed E-state index contributed by atoms with van der Waals surface area (Å²) in [6.45, 7) is 0. The van der Waals surface area contributed by atoms with Crippen molar-refractivity contribution in [1.29, 1.82) is 0 Å². The van der Waals surface area contributed by atoms with Crippen LogP contribution in [-0.2, 0) is 4.79 Å². The van der Waals surface area contributed by atoms with Gasteiger partial charge in [0.15, 0.2) is 11.5 Å². The van der Waals surface area contributed by atoms with Crippen LogP contribution in [-0.4, -0.2) is 27.2 Å². The lowest BCUT2D eigenvalue weighted by atomic mass is 10.2. The van der Waals surface area contributed by atoms with Crippen LogP contribution in [0.1, 0.15) is 0 Å². The van der Waals surface area contributed by atoms with Crippen molar-refractivity contribution < 1.29 is 14.3 Å². The van der Waals surface area contributed by atoms with Crippen LogP contribution in [0, 0.1) is 0 Å². The van der Waals surface area contributed by atoms with Crippen molar-refractivity contribution in [1.82, 2.24) is 0 Å². The molecule has 0 spiro atoms. The monoisotopic (exact) mass is 329 g/mol. The normalized spacial score (nSPS) is 10.6. The number of ether oxygens (including phenoxy) is 2. The second kappa shape index (κ2) is 8.29. The van der Waals surface area contributed by atoms with Gasteiger partial charge in [0.25, 0.3) is 5.91 Å². The van der Waals surface area contributed by atoms with Gasteiger partial charge in [-0.25, -0.2) is 0 Å². The second-order valence-corrected chi connectivity index (χ2v) is 5.65. The summed E-state index contributed by atoms with van der Waals surface area (Å²) >= 11 is 1.50. The van der Waals surface area contributed by atoms with Gasteiger partial charge < -0.3 is 14.4 Å². The molecule has 4 nitrogen and oxygen atoms in total. The Morgan fingerprint density at radius 1 is 1.04 bits per heavy atom. The molecule has 0 fully saturated rings. The molecule has 2 aromatic rings. The Morgan fingerprint density at radius 2 is 1.74 bits per heavy atom. The summed E-state index contributed by atoms with van der Waals surface area (Å²) in [5, 5.41) is 1.79. The number of benzene rings is 2. The van der Waals surface area contributed by atoms with Gasteiger partial charge in [0, 0.05) is 29.8 Å². The summed E-state index contributed by atoms with van der Waals surface area (Å²) in [4.78, 5) is 14.9. The van der Waals surface area contributed by atoms with Crippen molar-refractivity contribution in [2.75, 3.05) is 26.2 Å². The van der Waals surface area contributed by atoms with Crippen LogP contribution in [0.15, 0.2) is 64.9 Å². The number of amides is 1. The highest BCUT2D eigenvalue weighted by Gasteiger charge is 2.11. The zero-order valence-corrected chi connectivity index (χ0v) is 14.2. The van der Waals surface area contributed by atoms with E-state index in [4.69, 9.17) is 9.47 Å². The summed E-state index contributed by atoms with van der Waals surface area (Å²) in [5.74, 6) is 1.11. The van der Waals surface area contributed by atoms with Crippen molar-refractivity contribution in [3.8, 4) is 11.5 Å². The maximum absolute atomic E-state index is 12.2. The highest BCUT2D eigenvalue weighted by atomic mass is 32.2. The van der Waals surface area contributed by atoms with Crippen LogP contribution in [0.5, 0.6) is 11.5 Å². The second-order valence-electron chi connectivity index (χ2n) is 4.67. The summed E-state index contributed by atoms with van der Waals surface area (Å²) in [5.41, 5.74) is 0.738. The van der Waals surface area contributed by atoms with Gasteiger partial charge in [0.2, 0.25) is 0 Å². The number of anilines is 1. The lowest BCUT2D eigenvalue weighted by molar-refractivity contribution is -0.113. The summed E-state index contributed by atoms with van der Waals surface area (Å²) < 4.78 is 10.5. The minimum atomic E-state index is -0.111. The van der Waals surface area contributed by atoms with Crippen LogP contribution >= 0.6 is 11.8 Å². The number of hydrogen-bond acceptors (Lipinski definition) is 4.